The third kappa shape index (κ3) is 5.75. The van der Waals surface area contributed by atoms with Crippen LogP contribution in [0.3, 0.4) is 0 Å². The van der Waals surface area contributed by atoms with Gasteiger partial charge >= 0.3 is 0 Å². The summed E-state index contributed by atoms with van der Waals surface area (Å²) in [5.41, 5.74) is 0.706. The van der Waals surface area contributed by atoms with Crippen LogP contribution in [-0.2, 0) is 4.79 Å². The van der Waals surface area contributed by atoms with Crippen molar-refractivity contribution in [2.75, 3.05) is 25.0 Å². The molecular weight excluding hydrogens is 360 g/mol. The van der Waals surface area contributed by atoms with Gasteiger partial charge < -0.3 is 16.0 Å². The van der Waals surface area contributed by atoms with Gasteiger partial charge in [0.25, 0.3) is 11.6 Å². The van der Waals surface area contributed by atoms with Gasteiger partial charge in [-0.3, -0.25) is 19.7 Å². The first kappa shape index (κ1) is 19.2. The van der Waals surface area contributed by atoms with Crippen LogP contribution in [0.1, 0.15) is 10.4 Å². The molecule has 0 saturated heterocycles. The van der Waals surface area contributed by atoms with Gasteiger partial charge in [0.15, 0.2) is 0 Å². The van der Waals surface area contributed by atoms with E-state index in [2.05, 4.69) is 16.0 Å². The second kappa shape index (κ2) is 9.38. The van der Waals surface area contributed by atoms with Crippen molar-refractivity contribution in [3.05, 3.63) is 69.2 Å². The molecule has 0 bridgehead atoms. The van der Waals surface area contributed by atoms with E-state index in [0.717, 1.165) is 0 Å². The first-order chi connectivity index (χ1) is 12.5. The van der Waals surface area contributed by atoms with Gasteiger partial charge in [0.1, 0.15) is 5.69 Å². The maximum Gasteiger partial charge on any atom is 0.292 e. The Hall–Kier alpha value is -3.13. The van der Waals surface area contributed by atoms with Crippen molar-refractivity contribution in [1.82, 2.24) is 10.6 Å². The highest BCUT2D eigenvalue weighted by atomic mass is 35.5. The molecule has 0 fully saturated rings. The van der Waals surface area contributed by atoms with Crippen LogP contribution in [-0.4, -0.2) is 36.4 Å². The SMILES string of the molecule is O=C(CNC(=O)c1cccc(Cl)c1)NCCNc1ccccc1[N+](=O)[O-]. The van der Waals surface area contributed by atoms with Crippen LogP contribution in [0.2, 0.25) is 5.02 Å². The van der Waals surface area contributed by atoms with Crippen molar-refractivity contribution < 1.29 is 14.5 Å². The highest BCUT2D eigenvalue weighted by Crippen LogP contribution is 2.22. The molecule has 2 aromatic rings. The molecule has 0 unspecified atom stereocenters. The van der Waals surface area contributed by atoms with Crippen LogP contribution in [0.15, 0.2) is 48.5 Å². The van der Waals surface area contributed by atoms with Gasteiger partial charge in [-0.25, -0.2) is 0 Å². The Bertz CT molecular complexity index is 813. The molecule has 0 spiro atoms. The third-order valence-electron chi connectivity index (χ3n) is 3.36. The van der Waals surface area contributed by atoms with Crippen molar-refractivity contribution in [2.45, 2.75) is 0 Å². The molecule has 2 rings (SSSR count). The molecule has 2 aromatic carbocycles. The molecule has 2 amide bonds. The number of benzene rings is 2. The summed E-state index contributed by atoms with van der Waals surface area (Å²) in [6.07, 6.45) is 0. The molecule has 136 valence electrons. The van der Waals surface area contributed by atoms with E-state index in [1.165, 1.54) is 12.1 Å². The summed E-state index contributed by atoms with van der Waals surface area (Å²) in [7, 11) is 0. The lowest BCUT2D eigenvalue weighted by atomic mass is 10.2. The number of carbonyl (C=O) groups excluding carboxylic acids is 2. The minimum atomic E-state index is -0.480. The molecule has 0 saturated carbocycles. The minimum absolute atomic E-state index is 0.0346. The molecule has 3 N–H and O–H groups in total. The van der Waals surface area contributed by atoms with E-state index in [-0.39, 0.29) is 24.7 Å². The lowest BCUT2D eigenvalue weighted by molar-refractivity contribution is -0.384. The van der Waals surface area contributed by atoms with Gasteiger partial charge in [0.2, 0.25) is 5.91 Å². The van der Waals surface area contributed by atoms with E-state index >= 15 is 0 Å². The van der Waals surface area contributed by atoms with Crippen LogP contribution < -0.4 is 16.0 Å². The van der Waals surface area contributed by atoms with Crippen molar-refractivity contribution in [3.8, 4) is 0 Å². The first-order valence-electron chi connectivity index (χ1n) is 7.75. The molecule has 0 radical (unpaired) electrons. The average molecular weight is 377 g/mol. The number of nitrogens with zero attached hydrogens (tertiary/aromatic N) is 1. The van der Waals surface area contributed by atoms with Gasteiger partial charge in [0.05, 0.1) is 11.5 Å². The largest absolute Gasteiger partial charge is 0.378 e. The summed E-state index contributed by atoms with van der Waals surface area (Å²) in [6.45, 7) is 0.369. The van der Waals surface area contributed by atoms with Crippen LogP contribution in [0.25, 0.3) is 0 Å². The van der Waals surface area contributed by atoms with Crippen LogP contribution >= 0.6 is 11.6 Å². The number of halogens is 1. The molecule has 9 heteroatoms. The summed E-state index contributed by atoms with van der Waals surface area (Å²) in [4.78, 5) is 34.1. The highest BCUT2D eigenvalue weighted by molar-refractivity contribution is 6.30. The van der Waals surface area contributed by atoms with E-state index in [0.29, 0.717) is 22.8 Å². The summed E-state index contributed by atoms with van der Waals surface area (Å²) in [6, 6.07) is 12.6. The molecule has 26 heavy (non-hydrogen) atoms. The van der Waals surface area contributed by atoms with Gasteiger partial charge in [-0.1, -0.05) is 29.8 Å². The molecule has 0 aromatic heterocycles. The Kier molecular flexibility index (Phi) is 6.92. The number of nitrogens with one attached hydrogen (secondary N) is 3. The van der Waals surface area contributed by atoms with Gasteiger partial charge in [-0.2, -0.15) is 0 Å². The number of hydrogen-bond acceptors (Lipinski definition) is 5. The van der Waals surface area contributed by atoms with Gasteiger partial charge in [-0.05, 0) is 24.3 Å². The van der Waals surface area contributed by atoms with Crippen molar-refractivity contribution >= 4 is 34.8 Å². The smallest absolute Gasteiger partial charge is 0.292 e. The monoisotopic (exact) mass is 376 g/mol. The Labute approximate surface area is 154 Å². The number of nitro benzene ring substituents is 1. The number of hydrogen-bond donors (Lipinski definition) is 3. The van der Waals surface area contributed by atoms with E-state index in [4.69, 9.17) is 11.6 Å². The molecule has 8 nitrogen and oxygen atoms in total. The van der Waals surface area contributed by atoms with E-state index < -0.39 is 10.8 Å². The molecule has 0 heterocycles. The third-order valence-corrected chi connectivity index (χ3v) is 3.59. The lowest BCUT2D eigenvalue weighted by Gasteiger charge is -2.09. The number of anilines is 1. The second-order valence-electron chi connectivity index (χ2n) is 5.24. The average Bonchev–Trinajstić information content (AvgIpc) is 2.63. The molecule has 0 aliphatic heterocycles. The quantitative estimate of drug-likeness (QED) is 0.371. The lowest BCUT2D eigenvalue weighted by Crippen LogP contribution is -2.38. The molecule has 0 aliphatic carbocycles. The van der Waals surface area contributed by atoms with Crippen LogP contribution in [0.5, 0.6) is 0 Å². The fraction of sp³-hybridized carbons (Fsp3) is 0.176. The normalized spacial score (nSPS) is 10.0. The van der Waals surface area contributed by atoms with E-state index in [1.54, 1.807) is 36.4 Å². The number of rotatable bonds is 8. The zero-order valence-electron chi connectivity index (χ0n) is 13.7. The summed E-state index contributed by atoms with van der Waals surface area (Å²) in [5, 5.41) is 19.3. The summed E-state index contributed by atoms with van der Waals surface area (Å²) >= 11 is 5.81. The van der Waals surface area contributed by atoms with Gasteiger partial charge in [0, 0.05) is 29.7 Å². The molecular formula is C17H17ClN4O4. The zero-order valence-corrected chi connectivity index (χ0v) is 14.5. The fourth-order valence-electron chi connectivity index (χ4n) is 2.14. The topological polar surface area (TPSA) is 113 Å². The van der Waals surface area contributed by atoms with E-state index in [1.807, 2.05) is 0 Å². The highest BCUT2D eigenvalue weighted by Gasteiger charge is 2.12. The zero-order chi connectivity index (χ0) is 18.9. The number of carbonyl (C=O) groups is 2. The summed E-state index contributed by atoms with van der Waals surface area (Å²) in [5.74, 6) is -0.773. The number of para-hydroxylation sites is 2. The Morgan fingerprint density at radius 1 is 1.04 bits per heavy atom. The van der Waals surface area contributed by atoms with Crippen molar-refractivity contribution in [3.63, 3.8) is 0 Å². The van der Waals surface area contributed by atoms with Crippen LogP contribution in [0, 0.1) is 10.1 Å². The molecule has 0 atom stereocenters. The van der Waals surface area contributed by atoms with E-state index in [9.17, 15) is 19.7 Å². The Morgan fingerprint density at radius 3 is 2.54 bits per heavy atom. The van der Waals surface area contributed by atoms with Crippen LogP contribution in [0.4, 0.5) is 11.4 Å². The number of nitro groups is 1. The van der Waals surface area contributed by atoms with Crippen molar-refractivity contribution in [2.24, 2.45) is 0 Å². The fourth-order valence-corrected chi connectivity index (χ4v) is 2.33. The predicted octanol–water partition coefficient (Wildman–Crippen LogP) is 2.21. The molecule has 0 aliphatic rings. The Morgan fingerprint density at radius 2 is 1.81 bits per heavy atom. The second-order valence-corrected chi connectivity index (χ2v) is 5.68. The minimum Gasteiger partial charge on any atom is -0.378 e. The Balaban J connectivity index is 1.71. The maximum atomic E-state index is 11.9. The predicted molar refractivity (Wildman–Crippen MR) is 98.4 cm³/mol. The number of amides is 2. The summed E-state index contributed by atoms with van der Waals surface area (Å²) < 4.78 is 0. The maximum absolute atomic E-state index is 11.9. The van der Waals surface area contributed by atoms with Gasteiger partial charge in [-0.15, -0.1) is 0 Å². The first-order valence-corrected chi connectivity index (χ1v) is 8.13. The standard InChI is InChI=1S/C17H17ClN4O4/c18-13-5-3-4-12(10-13)17(24)21-11-16(23)20-9-8-19-14-6-1-2-7-15(14)22(25)26/h1-7,10,19H,8-9,11H2,(H,20,23)(H,21,24). The van der Waals surface area contributed by atoms with Crippen molar-refractivity contribution in [1.29, 1.82) is 0 Å².